The van der Waals surface area contributed by atoms with Gasteiger partial charge in [-0.1, -0.05) is 24.3 Å². The molecule has 0 N–H and O–H groups in total. The molecule has 12 nitrogen and oxygen atoms in total. The Hall–Kier alpha value is -4.69. The lowest BCUT2D eigenvalue weighted by Gasteiger charge is -2.51. The van der Waals surface area contributed by atoms with Gasteiger partial charge < -0.3 is 33.5 Å². The van der Waals surface area contributed by atoms with Gasteiger partial charge in [0.15, 0.2) is 17.3 Å². The van der Waals surface area contributed by atoms with Crippen LogP contribution >= 0.6 is 0 Å². The van der Waals surface area contributed by atoms with Gasteiger partial charge in [0.2, 0.25) is 18.0 Å². The number of morpholine rings is 2. The fraction of sp³-hybridized carbons (Fsp3) is 0.387. The molecule has 4 aliphatic rings. The number of rotatable bonds is 5. The van der Waals surface area contributed by atoms with E-state index in [-0.39, 0.29) is 50.0 Å². The van der Waals surface area contributed by atoms with Gasteiger partial charge in [-0.15, -0.1) is 0 Å². The van der Waals surface area contributed by atoms with Crippen molar-refractivity contribution in [2.45, 2.75) is 25.2 Å². The van der Waals surface area contributed by atoms with E-state index in [1.165, 1.54) is 16.9 Å². The monoisotopic (exact) mass is 624 g/mol. The number of fused-ring (bicyclic) bond motifs is 7. The van der Waals surface area contributed by atoms with Crippen molar-refractivity contribution in [1.29, 1.82) is 0 Å². The quantitative estimate of drug-likeness (QED) is 0.310. The zero-order chi connectivity index (χ0) is 31.2. The van der Waals surface area contributed by atoms with E-state index in [1.807, 2.05) is 34.2 Å². The summed E-state index contributed by atoms with van der Waals surface area (Å²) < 4.78 is 59.4. The first kappa shape index (κ1) is 29.0. The number of aromatic nitrogens is 1. The number of benzene rings is 2. The van der Waals surface area contributed by atoms with Gasteiger partial charge in [0.05, 0.1) is 39.1 Å². The number of anilines is 1. The minimum Gasteiger partial charge on any atom is -0.451 e. The molecule has 0 bridgehead atoms. The van der Waals surface area contributed by atoms with Crippen molar-refractivity contribution in [2.24, 2.45) is 0 Å². The molecule has 3 aromatic rings. The second-order valence-corrected chi connectivity index (χ2v) is 10.8. The SMILES string of the molecule is CCOC(=O)OCOc1c2n(ccc1=O)N([C@@H]1c3ccccc3N3CCOCC3c3c1ccc(F)c3F)[C@@H]1COCCN1C2=O. The average Bonchev–Trinajstić information content (AvgIpc) is 3.17. The number of nitrogens with zero attached hydrogens (tertiary/aromatic N) is 4. The molecular weight excluding hydrogens is 594 g/mol. The van der Waals surface area contributed by atoms with E-state index in [4.69, 9.17) is 23.7 Å². The van der Waals surface area contributed by atoms with Crippen LogP contribution in [0.3, 0.4) is 0 Å². The predicted octanol–water partition coefficient (Wildman–Crippen LogP) is 3.07. The number of pyridine rings is 1. The molecule has 0 radical (unpaired) electrons. The first-order valence-electron chi connectivity index (χ1n) is 14.7. The number of carbonyl (C=O) groups excluding carboxylic acids is 2. The number of ether oxygens (including phenoxy) is 5. The van der Waals surface area contributed by atoms with Crippen LogP contribution in [0.15, 0.2) is 53.5 Å². The maximum atomic E-state index is 16.0. The maximum Gasteiger partial charge on any atom is 0.511 e. The second kappa shape index (κ2) is 11.7. The molecule has 2 saturated heterocycles. The van der Waals surface area contributed by atoms with Gasteiger partial charge in [-0.3, -0.25) is 19.3 Å². The third-order valence-electron chi connectivity index (χ3n) is 8.53. The van der Waals surface area contributed by atoms with Gasteiger partial charge in [0.25, 0.3) is 5.91 Å². The van der Waals surface area contributed by atoms with Gasteiger partial charge in [-0.25, -0.2) is 13.6 Å². The third kappa shape index (κ3) is 4.75. The normalized spacial score (nSPS) is 21.9. The summed E-state index contributed by atoms with van der Waals surface area (Å²) in [5.74, 6) is -2.79. The minimum atomic E-state index is -0.995. The second-order valence-electron chi connectivity index (χ2n) is 10.8. The van der Waals surface area contributed by atoms with Crippen LogP contribution in [0.4, 0.5) is 19.3 Å². The molecule has 0 aliphatic carbocycles. The fourth-order valence-electron chi connectivity index (χ4n) is 6.68. The first-order valence-corrected chi connectivity index (χ1v) is 14.7. The summed E-state index contributed by atoms with van der Waals surface area (Å²) in [6, 6.07) is 10.1. The summed E-state index contributed by atoms with van der Waals surface area (Å²) in [6.45, 7) is 2.56. The number of hydrogen-bond donors (Lipinski definition) is 0. The molecule has 3 atom stereocenters. The predicted molar refractivity (Wildman–Crippen MR) is 154 cm³/mol. The van der Waals surface area contributed by atoms with Gasteiger partial charge in [-0.2, -0.15) is 0 Å². The lowest BCUT2D eigenvalue weighted by Crippen LogP contribution is -2.66. The Labute approximate surface area is 256 Å². The molecule has 4 aliphatic heterocycles. The molecule has 7 rings (SSSR count). The van der Waals surface area contributed by atoms with Gasteiger partial charge >= 0.3 is 6.16 Å². The molecule has 5 heterocycles. The highest BCUT2D eigenvalue weighted by atomic mass is 19.2. The zero-order valence-electron chi connectivity index (χ0n) is 24.3. The summed E-state index contributed by atoms with van der Waals surface area (Å²) in [5, 5.41) is 1.84. The van der Waals surface area contributed by atoms with E-state index >= 15 is 4.39 Å². The Morgan fingerprint density at radius 1 is 0.956 bits per heavy atom. The molecule has 1 aromatic heterocycles. The molecule has 1 unspecified atom stereocenters. The standard InChI is InChI=1S/C31H30F2N4O8/c1-2-43-31(40)45-17-44-29-23(38)9-10-36-28(29)30(39)35-12-14-42-16-24(35)37(36)27-18-5-3-4-6-21(18)34-11-13-41-15-22(34)25-19(27)7-8-20(32)26(25)33/h3-10,22,24,27H,2,11-17H2,1H3/t22?,24-,27-/m1/s1. The number of carbonyl (C=O) groups is 2. The maximum absolute atomic E-state index is 16.0. The Morgan fingerprint density at radius 2 is 1.73 bits per heavy atom. The Balaban J connectivity index is 1.45. The highest BCUT2D eigenvalue weighted by Gasteiger charge is 2.48. The van der Waals surface area contributed by atoms with Crippen LogP contribution in [0, 0.1) is 11.6 Å². The van der Waals surface area contributed by atoms with Crippen molar-refractivity contribution in [3.05, 3.63) is 92.9 Å². The average molecular weight is 625 g/mol. The number of para-hydroxylation sites is 1. The summed E-state index contributed by atoms with van der Waals surface area (Å²) in [5.41, 5.74) is 1.47. The number of amides is 1. The van der Waals surface area contributed by atoms with Crippen molar-refractivity contribution < 1.29 is 42.1 Å². The molecule has 45 heavy (non-hydrogen) atoms. The van der Waals surface area contributed by atoms with Crippen LogP contribution < -0.4 is 20.1 Å². The van der Waals surface area contributed by atoms with E-state index in [0.29, 0.717) is 18.7 Å². The van der Waals surface area contributed by atoms with Crippen LogP contribution in [0.2, 0.25) is 0 Å². The minimum absolute atomic E-state index is 0.0767. The molecule has 2 aromatic carbocycles. The van der Waals surface area contributed by atoms with Gasteiger partial charge in [-0.05, 0) is 24.6 Å². The topological polar surface area (TPSA) is 112 Å². The molecule has 2 fully saturated rings. The Bertz CT molecular complexity index is 1720. The molecule has 14 heteroatoms. The van der Waals surface area contributed by atoms with E-state index in [2.05, 4.69) is 0 Å². The zero-order valence-corrected chi connectivity index (χ0v) is 24.3. The molecule has 236 valence electrons. The molecule has 0 saturated carbocycles. The smallest absolute Gasteiger partial charge is 0.451 e. The Morgan fingerprint density at radius 3 is 2.56 bits per heavy atom. The lowest BCUT2D eigenvalue weighted by molar-refractivity contribution is -0.0210. The van der Waals surface area contributed by atoms with Crippen LogP contribution in [0.25, 0.3) is 0 Å². The third-order valence-corrected chi connectivity index (χ3v) is 8.53. The van der Waals surface area contributed by atoms with Crippen LogP contribution in [0.1, 0.15) is 46.2 Å². The lowest BCUT2D eigenvalue weighted by atomic mass is 9.91. The Kier molecular flexibility index (Phi) is 7.53. The summed E-state index contributed by atoms with van der Waals surface area (Å²) in [7, 11) is 0. The largest absolute Gasteiger partial charge is 0.511 e. The summed E-state index contributed by atoms with van der Waals surface area (Å²) in [4.78, 5) is 42.6. The molecule has 1 amide bonds. The van der Waals surface area contributed by atoms with E-state index in [9.17, 15) is 18.8 Å². The van der Waals surface area contributed by atoms with Gasteiger partial charge in [0.1, 0.15) is 12.2 Å². The van der Waals surface area contributed by atoms with Crippen molar-refractivity contribution >= 4 is 17.7 Å². The van der Waals surface area contributed by atoms with Crippen molar-refractivity contribution in [3.8, 4) is 5.75 Å². The van der Waals surface area contributed by atoms with Crippen LogP contribution in [0.5, 0.6) is 5.75 Å². The van der Waals surface area contributed by atoms with E-state index < -0.39 is 54.2 Å². The first-order chi connectivity index (χ1) is 21.9. The van der Waals surface area contributed by atoms with E-state index in [1.54, 1.807) is 17.9 Å². The van der Waals surface area contributed by atoms with Crippen LogP contribution in [-0.4, -0.2) is 80.7 Å². The van der Waals surface area contributed by atoms with Crippen LogP contribution in [-0.2, 0) is 18.9 Å². The molecule has 0 spiro atoms. The van der Waals surface area contributed by atoms with Crippen molar-refractivity contribution in [2.75, 3.05) is 62.8 Å². The highest BCUT2D eigenvalue weighted by Crippen LogP contribution is 2.48. The van der Waals surface area contributed by atoms with Gasteiger partial charge in [0, 0.05) is 42.2 Å². The number of hydrogen-bond acceptors (Lipinski definition) is 10. The van der Waals surface area contributed by atoms with Crippen molar-refractivity contribution in [3.63, 3.8) is 0 Å². The van der Waals surface area contributed by atoms with E-state index in [0.717, 1.165) is 17.3 Å². The molecular formula is C31H30F2N4O8. The fourth-order valence-corrected chi connectivity index (χ4v) is 6.68. The summed E-state index contributed by atoms with van der Waals surface area (Å²) in [6.07, 6.45) is -0.246. The number of halogens is 2. The van der Waals surface area contributed by atoms with Crippen molar-refractivity contribution in [1.82, 2.24) is 9.58 Å². The highest BCUT2D eigenvalue weighted by molar-refractivity contribution is 5.96. The summed E-state index contributed by atoms with van der Waals surface area (Å²) >= 11 is 0.